The first-order chi connectivity index (χ1) is 21.2. The Morgan fingerprint density at radius 3 is 1.96 bits per heavy atom. The summed E-state index contributed by atoms with van der Waals surface area (Å²) in [5.74, 6) is -1.61. The number of aromatic carboxylic acids is 1. The summed E-state index contributed by atoms with van der Waals surface area (Å²) in [5.41, 5.74) is 0.379. The van der Waals surface area contributed by atoms with Crippen molar-refractivity contribution in [2.24, 2.45) is 23.7 Å². The van der Waals surface area contributed by atoms with Gasteiger partial charge in [-0.3, -0.25) is 14.4 Å². The average Bonchev–Trinajstić information content (AvgIpc) is 2.97. The summed E-state index contributed by atoms with van der Waals surface area (Å²) in [6, 6.07) is 2.70. The van der Waals surface area contributed by atoms with Gasteiger partial charge in [-0.2, -0.15) is 0 Å². The van der Waals surface area contributed by atoms with E-state index in [0.29, 0.717) is 61.7 Å². The molecular weight excluding hydrogens is 600 g/mol. The van der Waals surface area contributed by atoms with E-state index >= 15 is 0 Å². The molecule has 0 aromatic heterocycles. The molecule has 3 atom stereocenters. The molecule has 5 N–H and O–H groups in total. The fourth-order valence-electron chi connectivity index (χ4n) is 7.48. The van der Waals surface area contributed by atoms with Crippen molar-refractivity contribution >= 4 is 40.0 Å². The second-order valence-corrected chi connectivity index (χ2v) is 15.7. The van der Waals surface area contributed by atoms with Gasteiger partial charge in [0.25, 0.3) is 5.91 Å². The fraction of sp³-hybridized carbons (Fsp3) is 0.656. The molecule has 4 bridgehead atoms. The summed E-state index contributed by atoms with van der Waals surface area (Å²) in [4.78, 5) is 61.1. The topological polar surface area (TPSA) is 188 Å². The number of hydrogen-bond acceptors (Lipinski definition) is 7. The van der Waals surface area contributed by atoms with Crippen LogP contribution in [0.4, 0.5) is 0 Å². The lowest BCUT2D eigenvalue weighted by molar-refractivity contribution is -0.130. The highest BCUT2D eigenvalue weighted by molar-refractivity contribution is 7.91. The third-order valence-corrected chi connectivity index (χ3v) is 11.9. The lowest BCUT2D eigenvalue weighted by Crippen LogP contribution is -2.61. The highest BCUT2D eigenvalue weighted by atomic mass is 32.2. The van der Waals surface area contributed by atoms with Gasteiger partial charge in [0.1, 0.15) is 18.4 Å². The van der Waals surface area contributed by atoms with E-state index in [9.17, 15) is 32.4 Å². The van der Waals surface area contributed by atoms with Gasteiger partial charge in [0.05, 0.1) is 16.4 Å². The number of hydrogen-bond donors (Lipinski definition) is 5. The van der Waals surface area contributed by atoms with Crippen LogP contribution in [0.15, 0.2) is 24.3 Å². The molecule has 0 heterocycles. The molecule has 3 amide bonds. The van der Waals surface area contributed by atoms with E-state index in [-0.39, 0.29) is 30.4 Å². The maximum atomic E-state index is 14.0. The smallest absolute Gasteiger partial charge is 0.335 e. The predicted molar refractivity (Wildman–Crippen MR) is 167 cm³/mol. The first-order valence-corrected chi connectivity index (χ1v) is 17.4. The molecule has 4 aliphatic carbocycles. The van der Waals surface area contributed by atoms with Gasteiger partial charge < -0.3 is 25.9 Å². The number of benzene rings is 1. The Hall–Kier alpha value is -3.32. The number of sulfonamides is 1. The number of carboxylic acids is 1. The predicted octanol–water partition coefficient (Wildman–Crippen LogP) is 2.39. The Morgan fingerprint density at radius 1 is 0.889 bits per heavy atom. The Balaban J connectivity index is 1.38. The highest BCUT2D eigenvalue weighted by Crippen LogP contribution is 2.58. The first kappa shape index (κ1) is 34.6. The van der Waals surface area contributed by atoms with Crippen molar-refractivity contribution in [1.82, 2.24) is 20.7 Å². The van der Waals surface area contributed by atoms with Gasteiger partial charge in [-0.25, -0.2) is 17.9 Å². The summed E-state index contributed by atoms with van der Waals surface area (Å²) < 4.78 is 29.8. The number of carbonyl (C=O) groups is 5. The summed E-state index contributed by atoms with van der Waals surface area (Å²) in [6.45, 7) is 5.32. The zero-order valence-electron chi connectivity index (χ0n) is 26.2. The Bertz CT molecular complexity index is 1340. The van der Waals surface area contributed by atoms with Gasteiger partial charge in [0.2, 0.25) is 21.8 Å². The molecule has 4 fully saturated rings. The van der Waals surface area contributed by atoms with Crippen LogP contribution in [0.25, 0.3) is 0 Å². The average molecular weight is 647 g/mol. The van der Waals surface area contributed by atoms with Crippen molar-refractivity contribution < 1.29 is 37.5 Å². The van der Waals surface area contributed by atoms with Crippen LogP contribution in [0.3, 0.4) is 0 Å². The molecule has 0 radical (unpaired) electrons. The third kappa shape index (κ3) is 8.29. The number of carboxylic acid groups (broad SMARTS) is 1. The standard InChI is InChI=1S/C32H46N4O8S/c1-19(2)27(18-37)35-28(38)20(3)34-30(40)26(6-4-5-11-33-29(39)24-7-9-25(10-8-24)31(41)42)36-45(43,44)32-15-21-12-22(16-32)14-23(13-21)17-32/h7-10,18-23,26-27,36H,4-6,11-17H2,1-3H3,(H,33,39)(H,34,40)(H,35,38)(H,41,42)/t20-,21?,22?,23?,26-,27+,32?/m0/s1. The van der Waals surface area contributed by atoms with E-state index in [1.54, 1.807) is 13.8 Å². The van der Waals surface area contributed by atoms with Crippen molar-refractivity contribution in [3.05, 3.63) is 35.4 Å². The molecule has 13 heteroatoms. The number of rotatable bonds is 16. The van der Waals surface area contributed by atoms with Gasteiger partial charge in [-0.15, -0.1) is 0 Å². The minimum atomic E-state index is -3.88. The van der Waals surface area contributed by atoms with E-state index < -0.39 is 50.7 Å². The number of unbranched alkanes of at least 4 members (excludes halogenated alkanes) is 1. The molecule has 0 unspecified atom stereocenters. The van der Waals surface area contributed by atoms with E-state index in [1.807, 2.05) is 0 Å². The molecule has 12 nitrogen and oxygen atoms in total. The Morgan fingerprint density at radius 2 is 1.44 bits per heavy atom. The summed E-state index contributed by atoms with van der Waals surface area (Å²) in [5, 5.41) is 17.0. The van der Waals surface area contributed by atoms with E-state index in [1.165, 1.54) is 31.2 Å². The van der Waals surface area contributed by atoms with Crippen molar-refractivity contribution in [3.63, 3.8) is 0 Å². The largest absolute Gasteiger partial charge is 0.478 e. The van der Waals surface area contributed by atoms with Crippen LogP contribution in [0, 0.1) is 23.7 Å². The van der Waals surface area contributed by atoms with Crippen LogP contribution in [0.5, 0.6) is 0 Å². The van der Waals surface area contributed by atoms with Crippen molar-refractivity contribution in [3.8, 4) is 0 Å². The fourth-order valence-corrected chi connectivity index (χ4v) is 9.70. The zero-order chi connectivity index (χ0) is 32.9. The van der Waals surface area contributed by atoms with Gasteiger partial charge in [0, 0.05) is 12.1 Å². The maximum absolute atomic E-state index is 14.0. The summed E-state index contributed by atoms with van der Waals surface area (Å²) in [7, 11) is -3.88. The number of carbonyl (C=O) groups excluding carboxylic acids is 4. The van der Waals surface area contributed by atoms with E-state index in [0.717, 1.165) is 19.3 Å². The van der Waals surface area contributed by atoms with Crippen LogP contribution in [0.2, 0.25) is 0 Å². The van der Waals surface area contributed by atoms with Crippen LogP contribution in [-0.2, 0) is 24.4 Å². The molecular formula is C32H46N4O8S. The lowest BCUT2D eigenvalue weighted by Gasteiger charge is -2.55. The minimum Gasteiger partial charge on any atom is -0.478 e. The second kappa shape index (κ2) is 14.4. The molecule has 4 saturated carbocycles. The van der Waals surface area contributed by atoms with Crippen molar-refractivity contribution in [2.75, 3.05) is 6.54 Å². The van der Waals surface area contributed by atoms with Gasteiger partial charge in [0.15, 0.2) is 0 Å². The monoisotopic (exact) mass is 646 g/mol. The van der Waals surface area contributed by atoms with Crippen LogP contribution < -0.4 is 20.7 Å². The Labute approximate surface area is 264 Å². The van der Waals surface area contributed by atoms with Crippen molar-refractivity contribution in [1.29, 1.82) is 0 Å². The summed E-state index contributed by atoms with van der Waals surface area (Å²) >= 11 is 0. The second-order valence-electron chi connectivity index (χ2n) is 13.6. The van der Waals surface area contributed by atoms with Gasteiger partial charge >= 0.3 is 5.97 Å². The third-order valence-electron chi connectivity index (χ3n) is 9.69. The number of nitrogens with one attached hydrogen (secondary N) is 4. The number of aldehydes is 1. The lowest BCUT2D eigenvalue weighted by atomic mass is 9.56. The molecule has 4 aliphatic rings. The van der Waals surface area contributed by atoms with Gasteiger partial charge in [-0.1, -0.05) is 13.8 Å². The van der Waals surface area contributed by atoms with Crippen LogP contribution in [0.1, 0.15) is 99.3 Å². The molecule has 0 saturated heterocycles. The molecule has 0 aliphatic heterocycles. The quantitative estimate of drug-likeness (QED) is 0.134. The molecule has 1 aromatic rings. The molecule has 0 spiro atoms. The molecule has 5 rings (SSSR count). The van der Waals surface area contributed by atoms with Crippen molar-refractivity contribution in [2.45, 2.75) is 101 Å². The normalized spacial score (nSPS) is 25.6. The molecule has 45 heavy (non-hydrogen) atoms. The first-order valence-electron chi connectivity index (χ1n) is 15.9. The van der Waals surface area contributed by atoms with Crippen LogP contribution in [-0.4, -0.2) is 72.9 Å². The van der Waals surface area contributed by atoms with E-state index in [4.69, 9.17) is 5.11 Å². The summed E-state index contributed by atoms with van der Waals surface area (Å²) in [6.07, 6.45) is 6.65. The van der Waals surface area contributed by atoms with Gasteiger partial charge in [-0.05, 0) is 113 Å². The molecule has 1 aromatic carbocycles. The Kier molecular flexibility index (Phi) is 11.1. The maximum Gasteiger partial charge on any atom is 0.335 e. The SMILES string of the molecule is CC(C)[C@@H](C=O)NC(=O)[C@H](C)NC(=O)[C@H](CCCCNC(=O)c1ccc(C(=O)O)cc1)NS(=O)(=O)C12CC3CC(CC(C3)C1)C2. The number of amides is 3. The van der Waals surface area contributed by atoms with E-state index in [2.05, 4.69) is 20.7 Å². The zero-order valence-corrected chi connectivity index (χ0v) is 27.0. The minimum absolute atomic E-state index is 0.0714. The highest BCUT2D eigenvalue weighted by Gasteiger charge is 2.58. The molecule has 248 valence electrons. The van der Waals surface area contributed by atoms with Crippen LogP contribution >= 0.6 is 0 Å².